The molecule has 1 saturated heterocycles. The molecule has 0 radical (unpaired) electrons. The molecule has 0 unspecified atom stereocenters. The van der Waals surface area contributed by atoms with E-state index in [4.69, 9.17) is 0 Å². The van der Waals surface area contributed by atoms with Crippen LogP contribution in [0.25, 0.3) is 0 Å². The van der Waals surface area contributed by atoms with Crippen molar-refractivity contribution in [3.05, 3.63) is 28.5 Å². The van der Waals surface area contributed by atoms with Gasteiger partial charge in [-0.1, -0.05) is 0 Å². The lowest BCUT2D eigenvalue weighted by atomic mass is 10.2. The quantitative estimate of drug-likeness (QED) is 0.739. The van der Waals surface area contributed by atoms with E-state index in [2.05, 4.69) is 32.9 Å². The fraction of sp³-hybridized carbons (Fsp3) is 0.500. The third-order valence-electron chi connectivity index (χ3n) is 3.00. The molecular formula is C12H16BrN3O. The van der Waals surface area contributed by atoms with E-state index in [1.54, 1.807) is 12.3 Å². The average Bonchev–Trinajstić information content (AvgIpc) is 2.54. The Hall–Kier alpha value is -0.940. The number of amides is 1. The first-order valence-electron chi connectivity index (χ1n) is 5.77. The van der Waals surface area contributed by atoms with Gasteiger partial charge in [-0.15, -0.1) is 0 Å². The van der Waals surface area contributed by atoms with Gasteiger partial charge in [0.25, 0.3) is 5.91 Å². The molecule has 92 valence electrons. The third kappa shape index (κ3) is 3.04. The van der Waals surface area contributed by atoms with Gasteiger partial charge in [0.2, 0.25) is 0 Å². The standard InChI is InChI=1S/C12H16BrN3O/c1-15-6-3-7-16(9-8-15)12(17)10-4-2-5-14-11(10)13/h2,4-5H,3,6-9H2,1H3. The minimum atomic E-state index is 0.0697. The predicted octanol–water partition coefficient (Wildman–Crippen LogP) is 1.62. The van der Waals surface area contributed by atoms with E-state index < -0.39 is 0 Å². The summed E-state index contributed by atoms with van der Waals surface area (Å²) in [4.78, 5) is 20.6. The maximum atomic E-state index is 12.3. The van der Waals surface area contributed by atoms with Gasteiger partial charge in [0, 0.05) is 25.8 Å². The van der Waals surface area contributed by atoms with Gasteiger partial charge in [-0.05, 0) is 48.1 Å². The summed E-state index contributed by atoms with van der Waals surface area (Å²) in [6.45, 7) is 3.60. The molecule has 1 aliphatic heterocycles. The van der Waals surface area contributed by atoms with Gasteiger partial charge in [0.05, 0.1) is 5.56 Å². The van der Waals surface area contributed by atoms with Gasteiger partial charge in [0.15, 0.2) is 0 Å². The molecule has 4 nitrogen and oxygen atoms in total. The van der Waals surface area contributed by atoms with Crippen LogP contribution in [0.5, 0.6) is 0 Å². The van der Waals surface area contributed by atoms with Crippen LogP contribution < -0.4 is 0 Å². The molecule has 1 amide bonds. The first kappa shape index (κ1) is 12.5. The van der Waals surface area contributed by atoms with Gasteiger partial charge >= 0.3 is 0 Å². The van der Waals surface area contributed by atoms with E-state index in [0.29, 0.717) is 10.2 Å². The van der Waals surface area contributed by atoms with Crippen LogP contribution >= 0.6 is 15.9 Å². The van der Waals surface area contributed by atoms with Gasteiger partial charge < -0.3 is 9.80 Å². The number of hydrogen-bond donors (Lipinski definition) is 0. The summed E-state index contributed by atoms with van der Waals surface area (Å²) in [5.41, 5.74) is 0.650. The van der Waals surface area contributed by atoms with Crippen LogP contribution in [-0.2, 0) is 0 Å². The zero-order valence-electron chi connectivity index (χ0n) is 9.90. The zero-order chi connectivity index (χ0) is 12.3. The third-order valence-corrected chi connectivity index (χ3v) is 3.63. The largest absolute Gasteiger partial charge is 0.337 e. The van der Waals surface area contributed by atoms with Crippen LogP contribution in [0.4, 0.5) is 0 Å². The molecule has 1 aromatic rings. The Balaban J connectivity index is 2.12. The Morgan fingerprint density at radius 2 is 2.18 bits per heavy atom. The number of carbonyl (C=O) groups is 1. The maximum absolute atomic E-state index is 12.3. The summed E-state index contributed by atoms with van der Waals surface area (Å²) < 4.78 is 0.627. The highest BCUT2D eigenvalue weighted by atomic mass is 79.9. The molecule has 0 aromatic carbocycles. The Morgan fingerprint density at radius 1 is 1.35 bits per heavy atom. The molecule has 17 heavy (non-hydrogen) atoms. The Labute approximate surface area is 110 Å². The molecule has 2 rings (SSSR count). The molecule has 0 atom stereocenters. The van der Waals surface area contributed by atoms with Crippen molar-refractivity contribution in [2.24, 2.45) is 0 Å². The first-order chi connectivity index (χ1) is 8.18. The molecule has 0 bridgehead atoms. The van der Waals surface area contributed by atoms with Gasteiger partial charge in [-0.3, -0.25) is 4.79 Å². The highest BCUT2D eigenvalue weighted by molar-refractivity contribution is 9.10. The Morgan fingerprint density at radius 3 is 2.94 bits per heavy atom. The number of rotatable bonds is 1. The van der Waals surface area contributed by atoms with Crippen LogP contribution in [0.1, 0.15) is 16.8 Å². The highest BCUT2D eigenvalue weighted by Crippen LogP contribution is 2.16. The highest BCUT2D eigenvalue weighted by Gasteiger charge is 2.20. The number of carbonyl (C=O) groups excluding carboxylic acids is 1. The van der Waals surface area contributed by atoms with Crippen molar-refractivity contribution in [1.29, 1.82) is 0 Å². The molecule has 0 aliphatic carbocycles. The second-order valence-electron chi connectivity index (χ2n) is 4.29. The fourth-order valence-corrected chi connectivity index (χ4v) is 2.39. The van der Waals surface area contributed by atoms with Crippen molar-refractivity contribution in [1.82, 2.24) is 14.8 Å². The summed E-state index contributed by atoms with van der Waals surface area (Å²) in [5.74, 6) is 0.0697. The summed E-state index contributed by atoms with van der Waals surface area (Å²) in [6, 6.07) is 3.61. The zero-order valence-corrected chi connectivity index (χ0v) is 11.5. The molecule has 5 heteroatoms. The van der Waals surface area contributed by atoms with Crippen LogP contribution in [0.15, 0.2) is 22.9 Å². The van der Waals surface area contributed by atoms with Crippen molar-refractivity contribution in [2.45, 2.75) is 6.42 Å². The monoisotopic (exact) mass is 297 g/mol. The molecule has 1 aliphatic rings. The SMILES string of the molecule is CN1CCCN(C(=O)c2cccnc2Br)CC1. The van der Waals surface area contributed by atoms with E-state index >= 15 is 0 Å². The summed E-state index contributed by atoms with van der Waals surface area (Å²) in [5, 5.41) is 0. The van der Waals surface area contributed by atoms with Gasteiger partial charge in [-0.2, -0.15) is 0 Å². The normalized spacial score (nSPS) is 17.9. The lowest BCUT2D eigenvalue weighted by Crippen LogP contribution is -2.34. The molecule has 0 spiro atoms. The maximum Gasteiger partial charge on any atom is 0.256 e. The van der Waals surface area contributed by atoms with Gasteiger partial charge in [-0.25, -0.2) is 4.98 Å². The molecule has 2 heterocycles. The van der Waals surface area contributed by atoms with Crippen molar-refractivity contribution < 1.29 is 4.79 Å². The number of nitrogens with zero attached hydrogens (tertiary/aromatic N) is 3. The second kappa shape index (κ2) is 5.60. The summed E-state index contributed by atoms with van der Waals surface area (Å²) >= 11 is 3.33. The lowest BCUT2D eigenvalue weighted by Gasteiger charge is -2.20. The van der Waals surface area contributed by atoms with Crippen molar-refractivity contribution in [2.75, 3.05) is 33.2 Å². The number of hydrogen-bond acceptors (Lipinski definition) is 3. The van der Waals surface area contributed by atoms with Crippen molar-refractivity contribution >= 4 is 21.8 Å². The van der Waals surface area contributed by atoms with Crippen LogP contribution in [0, 0.1) is 0 Å². The van der Waals surface area contributed by atoms with E-state index in [-0.39, 0.29) is 5.91 Å². The van der Waals surface area contributed by atoms with E-state index in [1.807, 2.05) is 11.0 Å². The smallest absolute Gasteiger partial charge is 0.256 e. The Bertz CT molecular complexity index is 410. The van der Waals surface area contributed by atoms with Crippen molar-refractivity contribution in [3.63, 3.8) is 0 Å². The van der Waals surface area contributed by atoms with Crippen molar-refractivity contribution in [3.8, 4) is 0 Å². The Kier molecular flexibility index (Phi) is 4.12. The molecule has 1 aromatic heterocycles. The molecule has 0 N–H and O–H groups in total. The summed E-state index contributed by atoms with van der Waals surface area (Å²) in [6.07, 6.45) is 2.71. The van der Waals surface area contributed by atoms with Crippen LogP contribution in [0.2, 0.25) is 0 Å². The topological polar surface area (TPSA) is 36.4 Å². The summed E-state index contributed by atoms with van der Waals surface area (Å²) in [7, 11) is 2.09. The number of likely N-dealkylation sites (N-methyl/N-ethyl adjacent to an activating group) is 1. The van der Waals surface area contributed by atoms with Gasteiger partial charge in [0.1, 0.15) is 4.60 Å². The van der Waals surface area contributed by atoms with Crippen LogP contribution in [-0.4, -0.2) is 53.9 Å². The molecule has 1 fully saturated rings. The average molecular weight is 298 g/mol. The lowest BCUT2D eigenvalue weighted by molar-refractivity contribution is 0.0761. The minimum Gasteiger partial charge on any atom is -0.337 e. The molecule has 0 saturated carbocycles. The number of halogens is 1. The second-order valence-corrected chi connectivity index (χ2v) is 5.04. The number of pyridine rings is 1. The van der Waals surface area contributed by atoms with E-state index in [1.165, 1.54) is 0 Å². The van der Waals surface area contributed by atoms with Crippen LogP contribution in [0.3, 0.4) is 0 Å². The van der Waals surface area contributed by atoms with E-state index in [9.17, 15) is 4.79 Å². The first-order valence-corrected chi connectivity index (χ1v) is 6.56. The number of aromatic nitrogens is 1. The minimum absolute atomic E-state index is 0.0697. The molecular weight excluding hydrogens is 282 g/mol. The van der Waals surface area contributed by atoms with E-state index in [0.717, 1.165) is 32.6 Å². The fourth-order valence-electron chi connectivity index (χ4n) is 1.97. The predicted molar refractivity (Wildman–Crippen MR) is 70.0 cm³/mol.